The van der Waals surface area contributed by atoms with Gasteiger partial charge in [0.25, 0.3) is 0 Å². The van der Waals surface area contributed by atoms with E-state index in [1.54, 1.807) is 39.8 Å². The van der Waals surface area contributed by atoms with E-state index in [2.05, 4.69) is 0 Å². The number of rotatable bonds is 4. The molecule has 21 heavy (non-hydrogen) atoms. The number of hydrogen-bond donors (Lipinski definition) is 4. The molecule has 1 aromatic rings. The van der Waals surface area contributed by atoms with Crippen LogP contribution in [0.15, 0.2) is 24.3 Å². The molecule has 0 radical (unpaired) electrons. The molecular weight excluding hydrogens is 281 g/mol. The molecular formula is C12H20BNO7. The van der Waals surface area contributed by atoms with Crippen molar-refractivity contribution in [2.75, 3.05) is 0 Å². The average molecular weight is 301 g/mol. The number of nitro benzene ring substituents is 1. The Morgan fingerprint density at radius 2 is 1.57 bits per heavy atom. The van der Waals surface area contributed by atoms with E-state index in [4.69, 9.17) is 19.8 Å². The zero-order valence-electron chi connectivity index (χ0n) is 12.3. The smallest absolute Gasteiger partial charge is 0.478 e. The van der Waals surface area contributed by atoms with Crippen LogP contribution >= 0.6 is 0 Å². The molecule has 0 aromatic heterocycles. The van der Waals surface area contributed by atoms with Crippen LogP contribution in [0.5, 0.6) is 5.75 Å². The van der Waals surface area contributed by atoms with Gasteiger partial charge in [-0.05, 0) is 33.8 Å². The maximum Gasteiger partial charge on any atom is 0.631 e. The minimum atomic E-state index is -2.17. The lowest BCUT2D eigenvalue weighted by Gasteiger charge is -2.37. The van der Waals surface area contributed by atoms with Crippen molar-refractivity contribution in [2.45, 2.75) is 38.9 Å². The molecule has 9 heteroatoms. The van der Waals surface area contributed by atoms with Crippen molar-refractivity contribution in [3.8, 4) is 5.75 Å². The van der Waals surface area contributed by atoms with Crippen LogP contribution in [0.3, 0.4) is 0 Å². The lowest BCUT2D eigenvalue weighted by Crippen LogP contribution is -2.49. The SMILES string of the molecule is CC(C)(O)C(C)(C)Oc1ccccc1[N+](=O)[O-].OB(O)O. The van der Waals surface area contributed by atoms with E-state index in [0.29, 0.717) is 0 Å². The van der Waals surface area contributed by atoms with Gasteiger partial charge in [-0.2, -0.15) is 0 Å². The van der Waals surface area contributed by atoms with Gasteiger partial charge in [-0.25, -0.2) is 0 Å². The molecule has 0 atom stereocenters. The Bertz CT molecular complexity index is 468. The minimum Gasteiger partial charge on any atom is -0.478 e. The van der Waals surface area contributed by atoms with Crippen LogP contribution in [-0.2, 0) is 0 Å². The van der Waals surface area contributed by atoms with Gasteiger partial charge in [-0.15, -0.1) is 0 Å². The second kappa shape index (κ2) is 7.37. The van der Waals surface area contributed by atoms with Gasteiger partial charge in [0.05, 0.1) is 10.5 Å². The molecule has 118 valence electrons. The summed E-state index contributed by atoms with van der Waals surface area (Å²) in [7, 11) is -2.17. The molecule has 0 unspecified atom stereocenters. The number of nitro groups is 1. The summed E-state index contributed by atoms with van der Waals surface area (Å²) >= 11 is 0. The predicted molar refractivity (Wildman–Crippen MR) is 76.5 cm³/mol. The number of benzene rings is 1. The Morgan fingerprint density at radius 1 is 1.14 bits per heavy atom. The quantitative estimate of drug-likeness (QED) is 0.361. The monoisotopic (exact) mass is 301 g/mol. The Morgan fingerprint density at radius 3 is 1.95 bits per heavy atom. The van der Waals surface area contributed by atoms with Crippen molar-refractivity contribution < 1.29 is 29.8 Å². The summed E-state index contributed by atoms with van der Waals surface area (Å²) in [6.07, 6.45) is 0. The molecule has 0 amide bonds. The van der Waals surface area contributed by atoms with Crippen LogP contribution in [0.1, 0.15) is 27.7 Å². The molecule has 0 heterocycles. The van der Waals surface area contributed by atoms with Crippen molar-refractivity contribution in [1.29, 1.82) is 0 Å². The van der Waals surface area contributed by atoms with Gasteiger partial charge < -0.3 is 24.9 Å². The van der Waals surface area contributed by atoms with Gasteiger partial charge in [-0.3, -0.25) is 10.1 Å². The minimum absolute atomic E-state index is 0.107. The van der Waals surface area contributed by atoms with Gasteiger partial charge in [0.1, 0.15) is 5.60 Å². The van der Waals surface area contributed by atoms with Gasteiger partial charge >= 0.3 is 13.0 Å². The average Bonchev–Trinajstić information content (AvgIpc) is 2.26. The molecule has 0 aliphatic carbocycles. The normalized spacial score (nSPS) is 11.2. The Kier molecular flexibility index (Phi) is 6.78. The highest BCUT2D eigenvalue weighted by molar-refractivity contribution is 6.30. The van der Waals surface area contributed by atoms with Crippen molar-refractivity contribution in [2.24, 2.45) is 0 Å². The fourth-order valence-electron chi connectivity index (χ4n) is 1.09. The molecule has 0 bridgehead atoms. The highest BCUT2D eigenvalue weighted by Gasteiger charge is 2.38. The number of aliphatic hydroxyl groups is 1. The Labute approximate surface area is 122 Å². The first-order chi connectivity index (χ1) is 9.38. The molecule has 8 nitrogen and oxygen atoms in total. The van der Waals surface area contributed by atoms with Gasteiger partial charge in [0, 0.05) is 6.07 Å². The van der Waals surface area contributed by atoms with E-state index in [-0.39, 0.29) is 11.4 Å². The third kappa shape index (κ3) is 6.54. The molecule has 0 saturated heterocycles. The second-order valence-corrected chi connectivity index (χ2v) is 5.24. The summed E-state index contributed by atoms with van der Waals surface area (Å²) in [5.74, 6) is 0.157. The van der Waals surface area contributed by atoms with Crippen molar-refractivity contribution in [3.63, 3.8) is 0 Å². The highest BCUT2D eigenvalue weighted by atomic mass is 16.6. The molecule has 4 N–H and O–H groups in total. The van der Waals surface area contributed by atoms with Gasteiger partial charge in [0.2, 0.25) is 0 Å². The summed E-state index contributed by atoms with van der Waals surface area (Å²) in [5.41, 5.74) is -2.15. The molecule has 0 saturated carbocycles. The zero-order valence-corrected chi connectivity index (χ0v) is 12.3. The first kappa shape index (κ1) is 19.3. The highest BCUT2D eigenvalue weighted by Crippen LogP contribution is 2.33. The van der Waals surface area contributed by atoms with Gasteiger partial charge in [-0.1, -0.05) is 12.1 Å². The standard InChI is InChI=1S/C12H17NO4.BH3O3/c1-11(2,14)12(3,4)17-10-8-6-5-7-9(10)13(15)16;2-1(3)4/h5-8,14H,1-4H3;2-4H. The number of nitrogens with zero attached hydrogens (tertiary/aromatic N) is 1. The lowest BCUT2D eigenvalue weighted by molar-refractivity contribution is -0.386. The third-order valence-electron chi connectivity index (χ3n) is 2.90. The number of ether oxygens (including phenoxy) is 1. The molecule has 1 rings (SSSR count). The van der Waals surface area contributed by atoms with Gasteiger partial charge in [0.15, 0.2) is 5.75 Å². The fraction of sp³-hybridized carbons (Fsp3) is 0.500. The first-order valence-electron chi connectivity index (χ1n) is 6.07. The van der Waals surface area contributed by atoms with Crippen LogP contribution in [0.2, 0.25) is 0 Å². The number of para-hydroxylation sites is 2. The van der Waals surface area contributed by atoms with E-state index in [0.717, 1.165) is 0 Å². The van der Waals surface area contributed by atoms with Crippen molar-refractivity contribution in [3.05, 3.63) is 34.4 Å². The Hall–Kier alpha value is -1.68. The van der Waals surface area contributed by atoms with Crippen LogP contribution < -0.4 is 4.74 Å². The lowest BCUT2D eigenvalue weighted by atomic mass is 9.89. The molecule has 1 aromatic carbocycles. The predicted octanol–water partition coefficient (Wildman–Crippen LogP) is 0.471. The van der Waals surface area contributed by atoms with Crippen LogP contribution in [0.25, 0.3) is 0 Å². The summed E-state index contributed by atoms with van der Waals surface area (Å²) in [5, 5.41) is 42.3. The molecule has 0 aliphatic rings. The van der Waals surface area contributed by atoms with Crippen LogP contribution in [0.4, 0.5) is 5.69 Å². The van der Waals surface area contributed by atoms with E-state index >= 15 is 0 Å². The third-order valence-corrected chi connectivity index (χ3v) is 2.90. The van der Waals surface area contributed by atoms with Crippen LogP contribution in [0, 0.1) is 10.1 Å². The van der Waals surface area contributed by atoms with E-state index in [1.807, 2.05) is 0 Å². The van der Waals surface area contributed by atoms with Crippen LogP contribution in [-0.4, -0.2) is 43.6 Å². The summed E-state index contributed by atoms with van der Waals surface area (Å²) in [4.78, 5) is 10.3. The maximum atomic E-state index is 10.8. The second-order valence-electron chi connectivity index (χ2n) is 5.24. The number of hydrogen-bond acceptors (Lipinski definition) is 7. The summed E-state index contributed by atoms with van der Waals surface area (Å²) < 4.78 is 5.57. The van der Waals surface area contributed by atoms with E-state index in [9.17, 15) is 15.2 Å². The summed E-state index contributed by atoms with van der Waals surface area (Å²) in [6, 6.07) is 6.12. The molecule has 0 aliphatic heterocycles. The zero-order chi connectivity index (χ0) is 16.8. The van der Waals surface area contributed by atoms with Crippen molar-refractivity contribution in [1.82, 2.24) is 0 Å². The topological polar surface area (TPSA) is 133 Å². The fourth-order valence-corrected chi connectivity index (χ4v) is 1.09. The largest absolute Gasteiger partial charge is 0.631 e. The maximum absolute atomic E-state index is 10.8. The summed E-state index contributed by atoms with van der Waals surface area (Å²) in [6.45, 7) is 6.57. The molecule has 0 spiro atoms. The first-order valence-corrected chi connectivity index (χ1v) is 6.07. The van der Waals surface area contributed by atoms with E-state index < -0.39 is 23.4 Å². The van der Waals surface area contributed by atoms with E-state index in [1.165, 1.54) is 12.1 Å². The Balaban J connectivity index is 0.000000885. The van der Waals surface area contributed by atoms with Crippen molar-refractivity contribution >= 4 is 13.0 Å². The molecule has 0 fully saturated rings.